The minimum absolute atomic E-state index is 0.0784. The summed E-state index contributed by atoms with van der Waals surface area (Å²) in [5.74, 6) is -2.39. The van der Waals surface area contributed by atoms with E-state index in [1.54, 1.807) is 0 Å². The molecule has 1 N–H and O–H groups in total. The van der Waals surface area contributed by atoms with Gasteiger partial charge in [-0.15, -0.1) is 0 Å². The zero-order valence-electron chi connectivity index (χ0n) is 17.3. The summed E-state index contributed by atoms with van der Waals surface area (Å²) >= 11 is 0. The maximum Gasteiger partial charge on any atom is 0.272 e. The number of allylic oxidation sites excluding steroid dienone is 2. The van der Waals surface area contributed by atoms with Gasteiger partial charge in [0.05, 0.1) is 0 Å². The first kappa shape index (κ1) is 20.9. The standard InChI is InChI=1S/C22H26F2N4O/c1-6-18-10-20(29)27-21(26-18)14(3)13(2)15(4)28-8-7-19-16(12-28)9-17(11-25-19)22(5,23)24/h9-11H,4,6-8,12H2,1-3,5H3,(H,26,27,29)/b14-13-. The predicted molar refractivity (Wildman–Crippen MR) is 110 cm³/mol. The number of rotatable bonds is 5. The Labute approximate surface area is 169 Å². The van der Waals surface area contributed by atoms with E-state index in [0.29, 0.717) is 31.8 Å². The zero-order chi connectivity index (χ0) is 21.3. The smallest absolute Gasteiger partial charge is 0.272 e. The molecule has 0 saturated carbocycles. The summed E-state index contributed by atoms with van der Waals surface area (Å²) in [4.78, 5) is 25.5. The SMILES string of the molecule is C=C(/C(C)=C(/C)c1nc(CC)cc(=O)[nH]1)N1CCc2ncc(C(C)(F)F)cc2C1. The first-order valence-electron chi connectivity index (χ1n) is 9.68. The molecule has 2 aromatic heterocycles. The molecule has 0 aliphatic carbocycles. The van der Waals surface area contributed by atoms with Gasteiger partial charge in [-0.05, 0) is 43.0 Å². The molecule has 0 fully saturated rings. The van der Waals surface area contributed by atoms with Crippen LogP contribution in [0.1, 0.15) is 56.0 Å². The molecule has 0 spiro atoms. The summed E-state index contributed by atoms with van der Waals surface area (Å²) < 4.78 is 27.4. The number of fused-ring (bicyclic) bond motifs is 1. The number of nitrogens with one attached hydrogen (secondary N) is 1. The minimum Gasteiger partial charge on any atom is -0.367 e. The van der Waals surface area contributed by atoms with Crippen molar-refractivity contribution >= 4 is 5.57 Å². The first-order valence-corrected chi connectivity index (χ1v) is 9.68. The number of H-pyrrole nitrogens is 1. The average Bonchev–Trinajstić information content (AvgIpc) is 2.70. The zero-order valence-corrected chi connectivity index (χ0v) is 17.3. The van der Waals surface area contributed by atoms with E-state index < -0.39 is 5.92 Å². The van der Waals surface area contributed by atoms with Crippen molar-refractivity contribution in [2.24, 2.45) is 0 Å². The number of nitrogens with zero attached hydrogens (tertiary/aromatic N) is 3. The second-order valence-corrected chi connectivity index (χ2v) is 7.53. The van der Waals surface area contributed by atoms with Gasteiger partial charge >= 0.3 is 0 Å². The van der Waals surface area contributed by atoms with E-state index in [-0.39, 0.29) is 11.1 Å². The molecule has 0 unspecified atom stereocenters. The maximum atomic E-state index is 13.7. The molecular weight excluding hydrogens is 374 g/mol. The van der Waals surface area contributed by atoms with Crippen LogP contribution in [0.4, 0.5) is 8.78 Å². The molecule has 154 valence electrons. The van der Waals surface area contributed by atoms with Gasteiger partial charge in [-0.3, -0.25) is 9.78 Å². The molecular formula is C22H26F2N4O. The van der Waals surface area contributed by atoms with E-state index in [4.69, 9.17) is 0 Å². The number of halogens is 2. The number of aryl methyl sites for hydroxylation is 1. The first-order chi connectivity index (χ1) is 13.6. The van der Waals surface area contributed by atoms with E-state index in [1.165, 1.54) is 18.3 Å². The summed E-state index contributed by atoms with van der Waals surface area (Å²) in [5.41, 5.74) is 4.62. The Morgan fingerprint density at radius 1 is 1.34 bits per heavy atom. The van der Waals surface area contributed by atoms with Crippen LogP contribution in [0.25, 0.3) is 5.57 Å². The number of aromatic amines is 1. The van der Waals surface area contributed by atoms with Gasteiger partial charge < -0.3 is 9.88 Å². The van der Waals surface area contributed by atoms with E-state index in [9.17, 15) is 13.6 Å². The third-order valence-electron chi connectivity index (χ3n) is 5.44. The van der Waals surface area contributed by atoms with Crippen molar-refractivity contribution in [1.29, 1.82) is 0 Å². The number of hydrogen-bond donors (Lipinski definition) is 1. The van der Waals surface area contributed by atoms with Crippen LogP contribution >= 0.6 is 0 Å². The lowest BCUT2D eigenvalue weighted by atomic mass is 9.99. The van der Waals surface area contributed by atoms with Crippen LogP contribution in [-0.2, 0) is 25.3 Å². The highest BCUT2D eigenvalue weighted by atomic mass is 19.3. The van der Waals surface area contributed by atoms with Crippen LogP contribution in [-0.4, -0.2) is 26.4 Å². The van der Waals surface area contributed by atoms with E-state index in [1.807, 2.05) is 20.8 Å². The quantitative estimate of drug-likeness (QED) is 0.764. The van der Waals surface area contributed by atoms with Crippen LogP contribution < -0.4 is 5.56 Å². The molecule has 3 heterocycles. The van der Waals surface area contributed by atoms with Crippen molar-refractivity contribution in [1.82, 2.24) is 19.9 Å². The van der Waals surface area contributed by atoms with E-state index in [0.717, 1.165) is 40.7 Å². The summed E-state index contributed by atoms with van der Waals surface area (Å²) in [5, 5.41) is 0. The third-order valence-corrected chi connectivity index (χ3v) is 5.44. The molecule has 1 aliphatic heterocycles. The fourth-order valence-corrected chi connectivity index (χ4v) is 3.39. The van der Waals surface area contributed by atoms with Gasteiger partial charge in [-0.1, -0.05) is 13.5 Å². The highest BCUT2D eigenvalue weighted by Gasteiger charge is 2.28. The molecule has 3 rings (SSSR count). The Kier molecular flexibility index (Phi) is 5.68. The molecule has 0 saturated heterocycles. The largest absolute Gasteiger partial charge is 0.367 e. The fraction of sp³-hybridized carbons (Fsp3) is 0.409. The number of pyridine rings is 1. The van der Waals surface area contributed by atoms with Gasteiger partial charge in [0.1, 0.15) is 5.82 Å². The van der Waals surface area contributed by atoms with Gasteiger partial charge in [0.2, 0.25) is 0 Å². The lowest BCUT2D eigenvalue weighted by molar-refractivity contribution is 0.0169. The fourth-order valence-electron chi connectivity index (χ4n) is 3.39. The lowest BCUT2D eigenvalue weighted by Crippen LogP contribution is -2.31. The minimum atomic E-state index is -2.92. The van der Waals surface area contributed by atoms with Gasteiger partial charge in [0.15, 0.2) is 0 Å². The monoisotopic (exact) mass is 400 g/mol. The molecule has 29 heavy (non-hydrogen) atoms. The second kappa shape index (κ2) is 7.89. The third kappa shape index (κ3) is 4.44. The Morgan fingerprint density at radius 3 is 2.72 bits per heavy atom. The van der Waals surface area contributed by atoms with Gasteiger partial charge in [0.25, 0.3) is 11.5 Å². The van der Waals surface area contributed by atoms with E-state index >= 15 is 0 Å². The number of aromatic nitrogens is 3. The van der Waals surface area contributed by atoms with Gasteiger partial charge in [-0.2, -0.15) is 0 Å². The Bertz CT molecular complexity index is 1030. The molecule has 2 aromatic rings. The molecule has 5 nitrogen and oxygen atoms in total. The van der Waals surface area contributed by atoms with Gasteiger partial charge in [-0.25, -0.2) is 13.8 Å². The summed E-state index contributed by atoms with van der Waals surface area (Å²) in [6, 6.07) is 3.04. The average molecular weight is 400 g/mol. The lowest BCUT2D eigenvalue weighted by Gasteiger charge is -2.33. The topological polar surface area (TPSA) is 61.9 Å². The number of alkyl halides is 2. The van der Waals surface area contributed by atoms with Crippen LogP contribution in [0.5, 0.6) is 0 Å². The Morgan fingerprint density at radius 2 is 2.07 bits per heavy atom. The van der Waals surface area contributed by atoms with E-state index in [2.05, 4.69) is 26.4 Å². The van der Waals surface area contributed by atoms with Crippen molar-refractivity contribution < 1.29 is 8.78 Å². The van der Waals surface area contributed by atoms with Crippen molar-refractivity contribution in [2.75, 3.05) is 6.54 Å². The predicted octanol–water partition coefficient (Wildman–Crippen LogP) is 4.20. The van der Waals surface area contributed by atoms with Crippen molar-refractivity contribution in [3.05, 3.63) is 74.9 Å². The van der Waals surface area contributed by atoms with Crippen molar-refractivity contribution in [3.8, 4) is 0 Å². The van der Waals surface area contributed by atoms with Crippen LogP contribution in [0, 0.1) is 0 Å². The molecule has 0 bridgehead atoms. The highest BCUT2D eigenvalue weighted by Crippen LogP contribution is 2.31. The van der Waals surface area contributed by atoms with Crippen molar-refractivity contribution in [2.45, 2.75) is 53.0 Å². The normalized spacial score (nSPS) is 15.0. The molecule has 0 aromatic carbocycles. The molecule has 0 atom stereocenters. The summed E-state index contributed by atoms with van der Waals surface area (Å²) in [6.45, 7) is 12.0. The number of hydrogen-bond acceptors (Lipinski definition) is 4. The molecule has 0 radical (unpaired) electrons. The Hall–Kier alpha value is -2.83. The molecule has 1 aliphatic rings. The summed E-state index contributed by atoms with van der Waals surface area (Å²) in [6.07, 6.45) is 2.60. The van der Waals surface area contributed by atoms with Crippen LogP contribution in [0.15, 0.2) is 41.0 Å². The molecule has 7 heteroatoms. The van der Waals surface area contributed by atoms with Gasteiger partial charge in [0, 0.05) is 61.3 Å². The van der Waals surface area contributed by atoms with Crippen molar-refractivity contribution in [3.63, 3.8) is 0 Å². The molecule has 0 amide bonds. The highest BCUT2D eigenvalue weighted by molar-refractivity contribution is 5.65. The maximum absolute atomic E-state index is 13.7. The van der Waals surface area contributed by atoms with Crippen LogP contribution in [0.3, 0.4) is 0 Å². The second-order valence-electron chi connectivity index (χ2n) is 7.53. The van der Waals surface area contributed by atoms with Crippen LogP contribution in [0.2, 0.25) is 0 Å². The Balaban J connectivity index is 1.88. The summed E-state index contributed by atoms with van der Waals surface area (Å²) in [7, 11) is 0.